The van der Waals surface area contributed by atoms with Crippen molar-refractivity contribution in [2.24, 2.45) is 0 Å². The first-order valence-electron chi connectivity index (χ1n) is 2.83. The Morgan fingerprint density at radius 2 is 2.22 bits per heavy atom. The molecule has 1 N–H and O–H groups in total. The molecule has 0 saturated carbocycles. The molecule has 0 bridgehead atoms. The van der Waals surface area contributed by atoms with Gasteiger partial charge >= 0.3 is 5.97 Å². The Kier molecular flexibility index (Phi) is 4.50. The minimum absolute atomic E-state index is 0.907. The zero-order valence-electron chi connectivity index (χ0n) is 5.37. The van der Waals surface area contributed by atoms with Crippen molar-refractivity contribution in [1.82, 2.24) is 0 Å². The van der Waals surface area contributed by atoms with Crippen molar-refractivity contribution in [3.63, 3.8) is 0 Å². The van der Waals surface area contributed by atoms with Gasteiger partial charge in [0.2, 0.25) is 0 Å². The Morgan fingerprint density at radius 3 is 2.67 bits per heavy atom. The molecule has 50 valence electrons. The molecule has 0 spiro atoms. The Balaban J connectivity index is 3.47. The van der Waals surface area contributed by atoms with Crippen LogP contribution >= 0.6 is 0 Å². The van der Waals surface area contributed by atoms with Crippen LogP contribution in [0.3, 0.4) is 0 Å². The third-order valence-electron chi connectivity index (χ3n) is 0.722. The number of carbonyl (C=O) groups is 1. The highest BCUT2D eigenvalue weighted by Gasteiger charge is 1.78. The van der Waals surface area contributed by atoms with E-state index < -0.39 is 5.97 Å². The predicted molar refractivity (Wildman–Crippen MR) is 36.2 cm³/mol. The van der Waals surface area contributed by atoms with Crippen molar-refractivity contribution in [3.05, 3.63) is 24.3 Å². The topological polar surface area (TPSA) is 37.3 Å². The second kappa shape index (κ2) is 5.09. The summed E-state index contributed by atoms with van der Waals surface area (Å²) in [6.07, 6.45) is 7.15. The largest absolute Gasteiger partial charge is 0.478 e. The fraction of sp³-hybridized carbons (Fsp3) is 0.286. The van der Waals surface area contributed by atoms with E-state index in [0.717, 1.165) is 12.5 Å². The zero-order chi connectivity index (χ0) is 7.11. The lowest BCUT2D eigenvalue weighted by molar-refractivity contribution is -0.131. The SMILES string of the molecule is CCC=C/C=C/C(=O)O. The van der Waals surface area contributed by atoms with Crippen LogP contribution in [-0.2, 0) is 4.79 Å². The van der Waals surface area contributed by atoms with Gasteiger partial charge in [-0.2, -0.15) is 0 Å². The molecule has 0 aliphatic heterocycles. The molecule has 0 aromatic rings. The molecule has 0 fully saturated rings. The highest BCUT2D eigenvalue weighted by molar-refractivity contribution is 5.80. The zero-order valence-corrected chi connectivity index (χ0v) is 5.37. The van der Waals surface area contributed by atoms with Crippen molar-refractivity contribution in [2.45, 2.75) is 13.3 Å². The Hall–Kier alpha value is -1.05. The Bertz CT molecular complexity index is 134. The second-order valence-corrected chi connectivity index (χ2v) is 1.53. The van der Waals surface area contributed by atoms with Crippen LogP contribution in [0.15, 0.2) is 24.3 Å². The van der Waals surface area contributed by atoms with Crippen molar-refractivity contribution in [3.8, 4) is 0 Å². The van der Waals surface area contributed by atoms with Crippen LogP contribution in [-0.4, -0.2) is 11.1 Å². The average Bonchev–Trinajstić information content (AvgIpc) is 1.80. The fourth-order valence-corrected chi connectivity index (χ4v) is 0.353. The van der Waals surface area contributed by atoms with Crippen molar-refractivity contribution in [2.75, 3.05) is 0 Å². The molecule has 0 radical (unpaired) electrons. The second-order valence-electron chi connectivity index (χ2n) is 1.53. The number of aliphatic carboxylic acids is 1. The highest BCUT2D eigenvalue weighted by Crippen LogP contribution is 1.80. The summed E-state index contributed by atoms with van der Waals surface area (Å²) >= 11 is 0. The van der Waals surface area contributed by atoms with Crippen LogP contribution in [0.5, 0.6) is 0 Å². The van der Waals surface area contributed by atoms with Gasteiger partial charge in [0.15, 0.2) is 0 Å². The quantitative estimate of drug-likeness (QED) is 0.460. The molecular formula is C7H10O2. The average molecular weight is 126 g/mol. The molecule has 0 atom stereocenters. The summed E-state index contributed by atoms with van der Waals surface area (Å²) in [6.45, 7) is 1.99. The van der Waals surface area contributed by atoms with E-state index in [0.29, 0.717) is 0 Å². The number of hydrogen-bond donors (Lipinski definition) is 1. The van der Waals surface area contributed by atoms with E-state index in [1.165, 1.54) is 6.08 Å². The van der Waals surface area contributed by atoms with Gasteiger partial charge in [-0.05, 0) is 6.42 Å². The van der Waals surface area contributed by atoms with Gasteiger partial charge in [-0.3, -0.25) is 0 Å². The van der Waals surface area contributed by atoms with E-state index in [1.54, 1.807) is 6.08 Å². The van der Waals surface area contributed by atoms with Crippen molar-refractivity contribution >= 4 is 5.97 Å². The van der Waals surface area contributed by atoms with Gasteiger partial charge in [-0.25, -0.2) is 4.79 Å². The lowest BCUT2D eigenvalue weighted by atomic mass is 10.4. The summed E-state index contributed by atoms with van der Waals surface area (Å²) in [6, 6.07) is 0. The monoisotopic (exact) mass is 126 g/mol. The molecule has 0 aromatic heterocycles. The number of hydrogen-bond acceptors (Lipinski definition) is 1. The maximum atomic E-state index is 9.84. The number of rotatable bonds is 3. The van der Waals surface area contributed by atoms with Gasteiger partial charge in [0.1, 0.15) is 0 Å². The number of carboxylic acids is 1. The van der Waals surface area contributed by atoms with E-state index in [1.807, 2.05) is 13.0 Å². The molecule has 0 unspecified atom stereocenters. The van der Waals surface area contributed by atoms with Gasteiger partial charge in [-0.15, -0.1) is 0 Å². The molecule has 0 aromatic carbocycles. The lowest BCUT2D eigenvalue weighted by Crippen LogP contribution is -1.84. The summed E-state index contributed by atoms with van der Waals surface area (Å²) < 4.78 is 0. The first-order chi connectivity index (χ1) is 4.27. The van der Waals surface area contributed by atoms with Crippen LogP contribution in [0.4, 0.5) is 0 Å². The molecule has 9 heavy (non-hydrogen) atoms. The van der Waals surface area contributed by atoms with Gasteiger partial charge in [-0.1, -0.05) is 25.2 Å². The van der Waals surface area contributed by atoms with Gasteiger partial charge < -0.3 is 5.11 Å². The molecule has 0 saturated heterocycles. The minimum Gasteiger partial charge on any atom is -0.478 e. The van der Waals surface area contributed by atoms with Gasteiger partial charge in [0.25, 0.3) is 0 Å². The maximum absolute atomic E-state index is 9.84. The van der Waals surface area contributed by atoms with Gasteiger partial charge in [0, 0.05) is 6.08 Å². The van der Waals surface area contributed by atoms with E-state index in [9.17, 15) is 4.79 Å². The number of allylic oxidation sites excluding steroid dienone is 3. The molecule has 2 heteroatoms. The van der Waals surface area contributed by atoms with E-state index in [2.05, 4.69) is 0 Å². The summed E-state index contributed by atoms with van der Waals surface area (Å²) in [5.41, 5.74) is 0. The minimum atomic E-state index is -0.907. The van der Waals surface area contributed by atoms with Crippen molar-refractivity contribution < 1.29 is 9.90 Å². The molecule has 0 aliphatic rings. The van der Waals surface area contributed by atoms with Crippen LogP contribution in [0.1, 0.15) is 13.3 Å². The third kappa shape index (κ3) is 6.95. The van der Waals surface area contributed by atoms with E-state index >= 15 is 0 Å². The summed E-state index contributed by atoms with van der Waals surface area (Å²) in [5.74, 6) is -0.907. The van der Waals surface area contributed by atoms with Crippen LogP contribution < -0.4 is 0 Å². The Morgan fingerprint density at radius 1 is 1.56 bits per heavy atom. The molecular weight excluding hydrogens is 116 g/mol. The van der Waals surface area contributed by atoms with Crippen LogP contribution in [0.2, 0.25) is 0 Å². The fourth-order valence-electron chi connectivity index (χ4n) is 0.353. The first-order valence-corrected chi connectivity index (χ1v) is 2.83. The summed E-state index contributed by atoms with van der Waals surface area (Å²) in [4.78, 5) is 9.84. The van der Waals surface area contributed by atoms with Crippen molar-refractivity contribution in [1.29, 1.82) is 0 Å². The smallest absolute Gasteiger partial charge is 0.328 e. The molecule has 2 nitrogen and oxygen atoms in total. The number of carboxylic acid groups (broad SMARTS) is 1. The van der Waals surface area contributed by atoms with Crippen LogP contribution in [0, 0.1) is 0 Å². The lowest BCUT2D eigenvalue weighted by Gasteiger charge is -1.74. The normalized spacial score (nSPS) is 11.2. The van der Waals surface area contributed by atoms with E-state index in [4.69, 9.17) is 5.11 Å². The van der Waals surface area contributed by atoms with Gasteiger partial charge in [0.05, 0.1) is 0 Å². The molecule has 0 heterocycles. The highest BCUT2D eigenvalue weighted by atomic mass is 16.4. The molecule has 0 rings (SSSR count). The standard InChI is InChI=1S/C7H10O2/c1-2-3-4-5-6-7(8)9/h3-6H,2H2,1H3,(H,8,9)/b4-3?,6-5+. The molecule has 0 amide bonds. The summed E-state index contributed by atoms with van der Waals surface area (Å²) in [7, 11) is 0. The predicted octanol–water partition coefficient (Wildman–Crippen LogP) is 1.59. The first kappa shape index (κ1) is 7.95. The third-order valence-corrected chi connectivity index (χ3v) is 0.722. The summed E-state index contributed by atoms with van der Waals surface area (Å²) in [5, 5.41) is 8.09. The molecule has 0 aliphatic carbocycles. The maximum Gasteiger partial charge on any atom is 0.328 e. The van der Waals surface area contributed by atoms with E-state index in [-0.39, 0.29) is 0 Å². The Labute approximate surface area is 54.5 Å². The van der Waals surface area contributed by atoms with Crippen LogP contribution in [0.25, 0.3) is 0 Å².